The van der Waals surface area contributed by atoms with Gasteiger partial charge >= 0.3 is 0 Å². The molecule has 2 amide bonds. The molecule has 0 aliphatic rings. The smallest absolute Gasteiger partial charge is 0.243 e. The van der Waals surface area contributed by atoms with E-state index in [4.69, 9.17) is 16.9 Å². The third kappa shape index (κ3) is 9.29. The van der Waals surface area contributed by atoms with E-state index < -0.39 is 23.9 Å². The number of hydrogen-bond donors (Lipinski definition) is 7. The summed E-state index contributed by atoms with van der Waals surface area (Å²) in [4.78, 5) is 37.2. The minimum atomic E-state index is -0.946. The van der Waals surface area contributed by atoms with Gasteiger partial charge in [-0.15, -0.1) is 0 Å². The average Bonchev–Trinajstić information content (AvgIpc) is 2.82. The van der Waals surface area contributed by atoms with Gasteiger partial charge in [0.2, 0.25) is 11.8 Å². The van der Waals surface area contributed by atoms with Crippen molar-refractivity contribution in [2.24, 2.45) is 11.5 Å². The lowest BCUT2D eigenvalue weighted by molar-refractivity contribution is -0.130. The van der Waals surface area contributed by atoms with E-state index in [2.05, 4.69) is 16.0 Å². The second kappa shape index (κ2) is 13.6. The molecule has 2 atom stereocenters. The van der Waals surface area contributed by atoms with Crippen molar-refractivity contribution in [3.8, 4) is 5.75 Å². The normalized spacial score (nSPS) is 12.4. The lowest BCUT2D eigenvalue weighted by Gasteiger charge is -2.22. The lowest BCUT2D eigenvalue weighted by atomic mass is 10.0. The number of amides is 2. The van der Waals surface area contributed by atoms with Crippen LogP contribution < -0.4 is 27.4 Å². The Balaban J connectivity index is 2.01. The number of carbonyl (C=O) groups excluding carboxylic acids is 3. The molecule has 0 aromatic heterocycles. The van der Waals surface area contributed by atoms with Crippen LogP contribution in [0.2, 0.25) is 0 Å². The lowest BCUT2D eigenvalue weighted by Crippen LogP contribution is -2.53. The molecule has 0 aliphatic carbocycles. The zero-order valence-electron chi connectivity index (χ0n) is 18.8. The highest BCUT2D eigenvalue weighted by molar-refractivity contribution is 5.92. The molecule has 34 heavy (non-hydrogen) atoms. The van der Waals surface area contributed by atoms with E-state index in [1.165, 1.54) is 12.1 Å². The summed E-state index contributed by atoms with van der Waals surface area (Å²) in [5.74, 6) is -1.15. The number of nitrogens with one attached hydrogen (secondary N) is 4. The van der Waals surface area contributed by atoms with Crippen LogP contribution in [0.15, 0.2) is 54.6 Å². The van der Waals surface area contributed by atoms with Crippen molar-refractivity contribution in [1.82, 2.24) is 16.0 Å². The molecule has 2 aromatic rings. The summed E-state index contributed by atoms with van der Waals surface area (Å²) in [6.07, 6.45) is 1.70. The Hall–Kier alpha value is -3.92. The van der Waals surface area contributed by atoms with Crippen molar-refractivity contribution >= 4 is 24.1 Å². The standard InChI is InChI=1S/C24H31N6O4/c25-20(14-17-8-10-19(32)11-9-17)22(33)30-21(7-4-12-28-24(26)27)23(34)29-18(15-31)13-16-5-2-1-3-6-16/h1-3,5-6,8-11,15,20-21,32H,4,7,12-14,25H2,(H,29,34)(H,30,33)(H4,26,27,28)/t20-,21+/m0/s1. The third-order valence-corrected chi connectivity index (χ3v) is 5.01. The number of aldehydes is 1. The van der Waals surface area contributed by atoms with Gasteiger partial charge < -0.3 is 37.3 Å². The average molecular weight is 468 g/mol. The van der Waals surface area contributed by atoms with E-state index in [1.807, 2.05) is 30.3 Å². The Morgan fingerprint density at radius 2 is 1.71 bits per heavy atom. The summed E-state index contributed by atoms with van der Waals surface area (Å²) < 4.78 is 0. The second-order valence-electron chi connectivity index (χ2n) is 7.82. The monoisotopic (exact) mass is 467 g/mol. The fourth-order valence-corrected chi connectivity index (χ4v) is 3.23. The predicted octanol–water partition coefficient (Wildman–Crippen LogP) is 0.0999. The third-order valence-electron chi connectivity index (χ3n) is 5.01. The highest BCUT2D eigenvalue weighted by Gasteiger charge is 2.26. The molecule has 9 N–H and O–H groups in total. The van der Waals surface area contributed by atoms with Gasteiger partial charge in [-0.3, -0.25) is 15.0 Å². The Kier molecular flexibility index (Phi) is 10.5. The number of carbonyl (C=O) groups is 3. The van der Waals surface area contributed by atoms with Gasteiger partial charge in [-0.05, 0) is 42.5 Å². The van der Waals surface area contributed by atoms with E-state index in [9.17, 15) is 19.5 Å². The Morgan fingerprint density at radius 1 is 1.03 bits per heavy atom. The van der Waals surface area contributed by atoms with Gasteiger partial charge in [0, 0.05) is 13.0 Å². The Labute approximate surface area is 198 Å². The van der Waals surface area contributed by atoms with Crippen molar-refractivity contribution in [2.75, 3.05) is 6.54 Å². The van der Waals surface area contributed by atoms with Gasteiger partial charge in [0.1, 0.15) is 24.1 Å². The molecular formula is C24H31N6O4. The molecule has 10 nitrogen and oxygen atoms in total. The quantitative estimate of drug-likeness (QED) is 0.0942. The summed E-state index contributed by atoms with van der Waals surface area (Å²) in [5.41, 5.74) is 12.9. The SMILES string of the molecule is N=C(N)NCCC[C@@H](NC(=O)[C@@H](N)Cc1ccc(O)cc1)C(=O)N[C](C=O)Cc1ccccc1. The van der Waals surface area contributed by atoms with Gasteiger partial charge in [0.15, 0.2) is 5.96 Å². The summed E-state index contributed by atoms with van der Waals surface area (Å²) in [7, 11) is 0. The number of guanidine groups is 1. The molecule has 2 aromatic carbocycles. The number of nitrogens with two attached hydrogens (primary N) is 2. The van der Waals surface area contributed by atoms with Gasteiger partial charge in [0.25, 0.3) is 0 Å². The summed E-state index contributed by atoms with van der Waals surface area (Å²) in [6, 6.07) is 13.8. The molecule has 0 saturated heterocycles. The molecule has 2 rings (SSSR count). The van der Waals surface area contributed by atoms with Gasteiger partial charge in [0.05, 0.1) is 6.04 Å². The first-order chi connectivity index (χ1) is 16.3. The maximum atomic E-state index is 12.9. The van der Waals surface area contributed by atoms with Gasteiger partial charge in [-0.25, -0.2) is 0 Å². The highest BCUT2D eigenvalue weighted by atomic mass is 16.3. The zero-order valence-corrected chi connectivity index (χ0v) is 18.8. The predicted molar refractivity (Wildman–Crippen MR) is 128 cm³/mol. The van der Waals surface area contributed by atoms with Crippen LogP contribution in [-0.4, -0.2) is 47.8 Å². The Morgan fingerprint density at radius 3 is 2.32 bits per heavy atom. The first-order valence-corrected chi connectivity index (χ1v) is 10.9. The second-order valence-corrected chi connectivity index (χ2v) is 7.82. The molecular weight excluding hydrogens is 436 g/mol. The first-order valence-electron chi connectivity index (χ1n) is 10.9. The summed E-state index contributed by atoms with van der Waals surface area (Å²) >= 11 is 0. The van der Waals surface area contributed by atoms with Gasteiger partial charge in [-0.2, -0.15) is 0 Å². The number of rotatable bonds is 13. The molecule has 181 valence electrons. The molecule has 1 radical (unpaired) electrons. The highest BCUT2D eigenvalue weighted by Crippen LogP contribution is 2.11. The van der Waals surface area contributed by atoms with Crippen molar-refractivity contribution in [3.63, 3.8) is 0 Å². The van der Waals surface area contributed by atoms with Crippen LogP contribution in [-0.2, 0) is 27.2 Å². The van der Waals surface area contributed by atoms with Crippen LogP contribution >= 0.6 is 0 Å². The molecule has 10 heteroatoms. The summed E-state index contributed by atoms with van der Waals surface area (Å²) in [6.45, 7) is 0.336. The minimum absolute atomic E-state index is 0.107. The van der Waals surface area contributed by atoms with Crippen LogP contribution in [0, 0.1) is 11.5 Å². The van der Waals surface area contributed by atoms with Crippen LogP contribution in [0.3, 0.4) is 0 Å². The van der Waals surface area contributed by atoms with Crippen molar-refractivity contribution < 1.29 is 19.5 Å². The van der Waals surface area contributed by atoms with Crippen LogP contribution in [0.4, 0.5) is 0 Å². The van der Waals surface area contributed by atoms with Crippen LogP contribution in [0.1, 0.15) is 24.0 Å². The fraction of sp³-hybridized carbons (Fsp3) is 0.292. The van der Waals surface area contributed by atoms with Crippen molar-refractivity contribution in [2.45, 2.75) is 37.8 Å². The zero-order chi connectivity index (χ0) is 24.9. The van der Waals surface area contributed by atoms with E-state index in [1.54, 1.807) is 12.1 Å². The Bertz CT molecular complexity index is 952. The van der Waals surface area contributed by atoms with Crippen molar-refractivity contribution in [3.05, 3.63) is 71.8 Å². The van der Waals surface area contributed by atoms with Crippen LogP contribution in [0.25, 0.3) is 0 Å². The van der Waals surface area contributed by atoms with E-state index in [-0.39, 0.29) is 37.0 Å². The number of phenolic OH excluding ortho intramolecular Hbond substituents is 1. The summed E-state index contributed by atoms with van der Waals surface area (Å²) in [5, 5.41) is 24.5. The molecule has 0 saturated carbocycles. The molecule has 0 aliphatic heterocycles. The number of phenols is 1. The minimum Gasteiger partial charge on any atom is -0.508 e. The molecule has 0 heterocycles. The van der Waals surface area contributed by atoms with E-state index >= 15 is 0 Å². The first kappa shape index (κ1) is 26.3. The number of benzene rings is 2. The molecule has 0 bridgehead atoms. The van der Waals surface area contributed by atoms with Crippen molar-refractivity contribution in [1.29, 1.82) is 5.41 Å². The maximum absolute atomic E-state index is 12.9. The largest absolute Gasteiger partial charge is 0.508 e. The molecule has 0 fully saturated rings. The van der Waals surface area contributed by atoms with Crippen LogP contribution in [0.5, 0.6) is 5.75 Å². The van der Waals surface area contributed by atoms with E-state index in [0.717, 1.165) is 11.1 Å². The molecule has 0 unspecified atom stereocenters. The number of hydrogen-bond acceptors (Lipinski definition) is 6. The fourth-order valence-electron chi connectivity index (χ4n) is 3.23. The number of aromatic hydroxyl groups is 1. The van der Waals surface area contributed by atoms with Gasteiger partial charge in [-0.1, -0.05) is 42.5 Å². The topological polar surface area (TPSA) is 183 Å². The maximum Gasteiger partial charge on any atom is 0.243 e. The molecule has 0 spiro atoms. The van der Waals surface area contributed by atoms with E-state index in [0.29, 0.717) is 19.3 Å².